The average molecular weight is 330 g/mol. The van der Waals surface area contributed by atoms with E-state index in [2.05, 4.69) is 15.3 Å². The van der Waals surface area contributed by atoms with Gasteiger partial charge < -0.3 is 4.57 Å². The quantitative estimate of drug-likeness (QED) is 0.793. The second-order valence-electron chi connectivity index (χ2n) is 4.95. The molecule has 0 radical (unpaired) electrons. The van der Waals surface area contributed by atoms with Crippen LogP contribution in [0.5, 0.6) is 0 Å². The van der Waals surface area contributed by atoms with Crippen molar-refractivity contribution in [2.45, 2.75) is 20.4 Å². The number of carbonyl (C=O) groups excluding carboxylic acids is 1. The first-order valence-corrected chi connectivity index (χ1v) is 7.95. The first kappa shape index (κ1) is 15.4. The molecular formula is C16H15FN4OS. The molecule has 0 fully saturated rings. The predicted molar refractivity (Wildman–Crippen MR) is 88.1 cm³/mol. The van der Waals surface area contributed by atoms with Crippen molar-refractivity contribution in [3.8, 4) is 11.3 Å². The molecule has 23 heavy (non-hydrogen) atoms. The minimum atomic E-state index is -0.289. The van der Waals surface area contributed by atoms with Crippen molar-refractivity contribution >= 4 is 22.4 Å². The molecule has 1 N–H and O–H groups in total. The van der Waals surface area contributed by atoms with Gasteiger partial charge in [-0.15, -0.1) is 11.3 Å². The van der Waals surface area contributed by atoms with E-state index in [1.165, 1.54) is 29.7 Å². The molecule has 3 rings (SSSR count). The van der Waals surface area contributed by atoms with Gasteiger partial charge in [0.2, 0.25) is 0 Å². The molecule has 0 saturated carbocycles. The van der Waals surface area contributed by atoms with Gasteiger partial charge in [0.1, 0.15) is 11.5 Å². The number of amides is 1. The van der Waals surface area contributed by atoms with Gasteiger partial charge in [-0.3, -0.25) is 10.1 Å². The predicted octanol–water partition coefficient (Wildman–Crippen LogP) is 3.73. The molecule has 1 aromatic carbocycles. The number of hydrogen-bond donors (Lipinski definition) is 1. The standard InChI is InChI=1S/C16H15FN4OS/c1-3-21-9-18-8-13(21)15(22)20-16-19-14(10(2)23-16)11-4-6-12(17)7-5-11/h4-9H,3H2,1-2H3,(H,19,20,22). The Kier molecular flexibility index (Phi) is 4.20. The van der Waals surface area contributed by atoms with Crippen LogP contribution in [-0.4, -0.2) is 20.4 Å². The molecule has 5 nitrogen and oxygen atoms in total. The van der Waals surface area contributed by atoms with Crippen molar-refractivity contribution in [2.24, 2.45) is 0 Å². The van der Waals surface area contributed by atoms with Crippen LogP contribution in [0.3, 0.4) is 0 Å². The monoisotopic (exact) mass is 330 g/mol. The Morgan fingerprint density at radius 2 is 2.09 bits per heavy atom. The molecule has 118 valence electrons. The first-order valence-electron chi connectivity index (χ1n) is 7.13. The lowest BCUT2D eigenvalue weighted by Crippen LogP contribution is -2.16. The third-order valence-electron chi connectivity index (χ3n) is 3.42. The summed E-state index contributed by atoms with van der Waals surface area (Å²) in [6, 6.07) is 6.14. The molecule has 7 heteroatoms. The topological polar surface area (TPSA) is 59.8 Å². The largest absolute Gasteiger partial charge is 0.327 e. The highest BCUT2D eigenvalue weighted by atomic mass is 32.1. The minimum Gasteiger partial charge on any atom is -0.327 e. The molecule has 1 amide bonds. The first-order chi connectivity index (χ1) is 11.1. The molecule has 0 aliphatic carbocycles. The van der Waals surface area contributed by atoms with Crippen LogP contribution in [0.1, 0.15) is 22.3 Å². The van der Waals surface area contributed by atoms with Gasteiger partial charge in [0.25, 0.3) is 5.91 Å². The summed E-state index contributed by atoms with van der Waals surface area (Å²) in [6.07, 6.45) is 3.14. The number of benzene rings is 1. The molecule has 0 saturated heterocycles. The van der Waals surface area contributed by atoms with Gasteiger partial charge >= 0.3 is 0 Å². The van der Waals surface area contributed by atoms with Crippen molar-refractivity contribution in [1.29, 1.82) is 0 Å². The maximum absolute atomic E-state index is 13.0. The Morgan fingerprint density at radius 3 is 2.78 bits per heavy atom. The van der Waals surface area contributed by atoms with Gasteiger partial charge in [0, 0.05) is 17.0 Å². The summed E-state index contributed by atoms with van der Waals surface area (Å²) < 4.78 is 14.8. The number of aryl methyl sites for hydroxylation is 2. The summed E-state index contributed by atoms with van der Waals surface area (Å²) >= 11 is 1.39. The summed E-state index contributed by atoms with van der Waals surface area (Å²) in [7, 11) is 0. The summed E-state index contributed by atoms with van der Waals surface area (Å²) in [6.45, 7) is 4.53. The van der Waals surface area contributed by atoms with E-state index in [-0.39, 0.29) is 11.7 Å². The van der Waals surface area contributed by atoms with Gasteiger partial charge in [-0.05, 0) is 38.1 Å². The fourth-order valence-corrected chi connectivity index (χ4v) is 3.08. The Balaban J connectivity index is 1.84. The fraction of sp³-hybridized carbons (Fsp3) is 0.188. The molecule has 0 unspecified atom stereocenters. The molecule has 2 aromatic heterocycles. The zero-order chi connectivity index (χ0) is 16.4. The molecule has 0 atom stereocenters. The van der Waals surface area contributed by atoms with Gasteiger partial charge in [0.05, 0.1) is 18.2 Å². The maximum atomic E-state index is 13.0. The number of nitrogens with one attached hydrogen (secondary N) is 1. The van der Waals surface area contributed by atoms with Crippen molar-refractivity contribution in [3.05, 3.63) is 53.2 Å². The second-order valence-corrected chi connectivity index (χ2v) is 6.15. The molecule has 0 bridgehead atoms. The lowest BCUT2D eigenvalue weighted by atomic mass is 10.1. The number of rotatable bonds is 4. The molecule has 3 aromatic rings. The number of aromatic nitrogens is 3. The normalized spacial score (nSPS) is 10.7. The third kappa shape index (κ3) is 3.14. The van der Waals surface area contributed by atoms with Gasteiger partial charge in [0.15, 0.2) is 5.13 Å². The Bertz CT molecular complexity index is 838. The molecular weight excluding hydrogens is 315 g/mol. The van der Waals surface area contributed by atoms with Crippen molar-refractivity contribution in [2.75, 3.05) is 5.32 Å². The van der Waals surface area contributed by atoms with Gasteiger partial charge in [-0.2, -0.15) is 0 Å². The number of imidazole rings is 1. The van der Waals surface area contributed by atoms with Crippen LogP contribution in [0.25, 0.3) is 11.3 Å². The van der Waals surface area contributed by atoms with Crippen molar-refractivity contribution in [3.63, 3.8) is 0 Å². The Morgan fingerprint density at radius 1 is 1.35 bits per heavy atom. The number of nitrogens with zero attached hydrogens (tertiary/aromatic N) is 3. The number of anilines is 1. The maximum Gasteiger partial charge on any atom is 0.275 e. The lowest BCUT2D eigenvalue weighted by molar-refractivity contribution is 0.101. The molecule has 0 spiro atoms. The van der Waals surface area contributed by atoms with Crippen LogP contribution in [-0.2, 0) is 6.54 Å². The summed E-state index contributed by atoms with van der Waals surface area (Å²) in [4.78, 5) is 21.7. The highest BCUT2D eigenvalue weighted by Crippen LogP contribution is 2.30. The van der Waals surface area contributed by atoms with Crippen LogP contribution >= 0.6 is 11.3 Å². The summed E-state index contributed by atoms with van der Waals surface area (Å²) in [5.41, 5.74) is 2.05. The SMILES string of the molecule is CCn1cncc1C(=O)Nc1nc(-c2ccc(F)cc2)c(C)s1. The Labute approximate surface area is 136 Å². The Hall–Kier alpha value is -2.54. The smallest absolute Gasteiger partial charge is 0.275 e. The number of halogens is 1. The van der Waals surface area contributed by atoms with E-state index in [1.54, 1.807) is 23.0 Å². The zero-order valence-corrected chi connectivity index (χ0v) is 13.5. The summed E-state index contributed by atoms with van der Waals surface area (Å²) in [5.74, 6) is -0.535. The van der Waals surface area contributed by atoms with Gasteiger partial charge in [-0.25, -0.2) is 14.4 Å². The van der Waals surface area contributed by atoms with Crippen LogP contribution in [0.2, 0.25) is 0 Å². The molecule has 0 aliphatic rings. The average Bonchev–Trinajstić information content (AvgIpc) is 3.14. The van der Waals surface area contributed by atoms with Crippen LogP contribution in [0.15, 0.2) is 36.8 Å². The van der Waals surface area contributed by atoms with Crippen molar-refractivity contribution < 1.29 is 9.18 Å². The van der Waals surface area contributed by atoms with E-state index < -0.39 is 0 Å². The third-order valence-corrected chi connectivity index (χ3v) is 4.31. The number of thiazole rings is 1. The van der Waals surface area contributed by atoms with E-state index in [0.717, 1.165) is 16.1 Å². The fourth-order valence-electron chi connectivity index (χ4n) is 2.25. The summed E-state index contributed by atoms with van der Waals surface area (Å²) in [5, 5.41) is 3.30. The van der Waals surface area contributed by atoms with E-state index >= 15 is 0 Å². The zero-order valence-electron chi connectivity index (χ0n) is 12.7. The highest BCUT2D eigenvalue weighted by molar-refractivity contribution is 7.16. The minimum absolute atomic E-state index is 0.247. The van der Waals surface area contributed by atoms with E-state index in [0.29, 0.717) is 17.4 Å². The van der Waals surface area contributed by atoms with E-state index in [9.17, 15) is 9.18 Å². The second kappa shape index (κ2) is 6.29. The highest BCUT2D eigenvalue weighted by Gasteiger charge is 2.15. The van der Waals surface area contributed by atoms with E-state index in [4.69, 9.17) is 0 Å². The van der Waals surface area contributed by atoms with E-state index in [1.807, 2.05) is 13.8 Å². The number of hydrogen-bond acceptors (Lipinski definition) is 4. The van der Waals surface area contributed by atoms with Crippen LogP contribution in [0, 0.1) is 12.7 Å². The van der Waals surface area contributed by atoms with Crippen molar-refractivity contribution in [1.82, 2.24) is 14.5 Å². The van der Waals surface area contributed by atoms with Gasteiger partial charge in [-0.1, -0.05) is 0 Å². The molecule has 2 heterocycles. The molecule has 0 aliphatic heterocycles. The number of carbonyl (C=O) groups is 1. The van der Waals surface area contributed by atoms with Crippen LogP contribution < -0.4 is 5.32 Å². The van der Waals surface area contributed by atoms with Crippen LogP contribution in [0.4, 0.5) is 9.52 Å². The lowest BCUT2D eigenvalue weighted by Gasteiger charge is -2.04.